The molecule has 0 aliphatic carbocycles. The molecular weight excluding hydrogens is 213 g/mol. The fourth-order valence-electron chi connectivity index (χ4n) is 3.02. The van der Waals surface area contributed by atoms with E-state index in [1.165, 1.54) is 0 Å². The molecule has 0 aliphatic rings. The van der Waals surface area contributed by atoms with Gasteiger partial charge >= 0.3 is 93.4 Å². The van der Waals surface area contributed by atoms with Crippen LogP contribution in [0.3, 0.4) is 0 Å². The SMILES string of the molecule is CC(C)(C)P(F)(F)(C(C)(C)C)C(C)(C)C. The minimum atomic E-state index is -4.84. The molecule has 0 aromatic rings. The van der Waals surface area contributed by atoms with Crippen LogP contribution in [-0.2, 0) is 0 Å². The topological polar surface area (TPSA) is 0 Å². The molecule has 94 valence electrons. The van der Waals surface area contributed by atoms with Crippen molar-refractivity contribution < 1.29 is 8.39 Å². The van der Waals surface area contributed by atoms with Crippen LogP contribution in [0.5, 0.6) is 0 Å². The van der Waals surface area contributed by atoms with Crippen molar-refractivity contribution in [2.75, 3.05) is 0 Å². The van der Waals surface area contributed by atoms with Gasteiger partial charge in [0.1, 0.15) is 0 Å². The zero-order valence-electron chi connectivity index (χ0n) is 11.7. The number of hydrogen-bond donors (Lipinski definition) is 0. The zero-order chi connectivity index (χ0) is 12.9. The molecule has 0 heterocycles. The van der Waals surface area contributed by atoms with Crippen LogP contribution in [0.4, 0.5) is 8.39 Å². The second kappa shape index (κ2) is 3.15. The third-order valence-electron chi connectivity index (χ3n) is 3.53. The molecule has 0 radical (unpaired) electrons. The van der Waals surface area contributed by atoms with Crippen LogP contribution in [0.1, 0.15) is 62.3 Å². The molecule has 0 spiro atoms. The second-order valence-electron chi connectivity index (χ2n) is 7.42. The van der Waals surface area contributed by atoms with Gasteiger partial charge in [0.05, 0.1) is 0 Å². The van der Waals surface area contributed by atoms with Crippen molar-refractivity contribution >= 4 is 7.22 Å². The maximum absolute atomic E-state index is 15.5. The van der Waals surface area contributed by atoms with Crippen LogP contribution in [-0.4, -0.2) is 15.5 Å². The summed E-state index contributed by atoms with van der Waals surface area (Å²) in [5, 5.41) is -2.83. The Hall–Kier alpha value is 0.290. The van der Waals surface area contributed by atoms with Gasteiger partial charge in [-0.05, 0) is 0 Å². The fraction of sp³-hybridized carbons (Fsp3) is 1.00. The van der Waals surface area contributed by atoms with Crippen molar-refractivity contribution in [3.63, 3.8) is 0 Å². The molecule has 0 saturated carbocycles. The van der Waals surface area contributed by atoms with Gasteiger partial charge in [-0.25, -0.2) is 0 Å². The van der Waals surface area contributed by atoms with E-state index in [2.05, 4.69) is 0 Å². The van der Waals surface area contributed by atoms with E-state index in [9.17, 15) is 0 Å². The van der Waals surface area contributed by atoms with Gasteiger partial charge in [0.15, 0.2) is 0 Å². The Morgan fingerprint density at radius 1 is 0.533 bits per heavy atom. The Labute approximate surface area is 94.0 Å². The molecule has 0 fully saturated rings. The Kier molecular flexibility index (Phi) is 3.21. The number of rotatable bonds is 0. The minimum absolute atomic E-state index is 0.942. The molecule has 0 aliphatic heterocycles. The molecule has 0 N–H and O–H groups in total. The molecule has 0 aromatic carbocycles. The van der Waals surface area contributed by atoms with Gasteiger partial charge in [-0.3, -0.25) is 0 Å². The summed E-state index contributed by atoms with van der Waals surface area (Å²) in [5.41, 5.74) is 0. The second-order valence-corrected chi connectivity index (χ2v) is 13.3. The van der Waals surface area contributed by atoms with Gasteiger partial charge in [0.2, 0.25) is 0 Å². The molecule has 0 aromatic heterocycles. The monoisotopic (exact) mass is 240 g/mol. The zero-order valence-corrected chi connectivity index (χ0v) is 12.6. The summed E-state index contributed by atoms with van der Waals surface area (Å²) in [5.74, 6) is 0. The Morgan fingerprint density at radius 2 is 0.667 bits per heavy atom. The first kappa shape index (κ1) is 15.3. The van der Waals surface area contributed by atoms with Gasteiger partial charge in [0, 0.05) is 0 Å². The Balaban J connectivity index is 6.08. The molecule has 0 unspecified atom stereocenters. The fourth-order valence-corrected chi connectivity index (χ4v) is 9.06. The summed E-state index contributed by atoms with van der Waals surface area (Å²) < 4.78 is 30.9. The molecule has 0 nitrogen and oxygen atoms in total. The average molecular weight is 240 g/mol. The first-order valence-electron chi connectivity index (χ1n) is 5.51. The van der Waals surface area contributed by atoms with E-state index in [1.807, 2.05) is 0 Å². The summed E-state index contributed by atoms with van der Waals surface area (Å²) >= 11 is 0. The van der Waals surface area contributed by atoms with Gasteiger partial charge in [-0.15, -0.1) is 0 Å². The van der Waals surface area contributed by atoms with Crippen molar-refractivity contribution in [1.29, 1.82) is 0 Å². The van der Waals surface area contributed by atoms with E-state index in [1.54, 1.807) is 62.3 Å². The predicted molar refractivity (Wildman–Crippen MR) is 68.4 cm³/mol. The van der Waals surface area contributed by atoms with E-state index in [4.69, 9.17) is 0 Å². The molecule has 0 bridgehead atoms. The molecule has 3 heteroatoms. The maximum atomic E-state index is 15.5. The molecule has 0 rings (SSSR count). The first-order valence-corrected chi connectivity index (χ1v) is 7.53. The molecule has 0 amide bonds. The first-order chi connectivity index (χ1) is 6.07. The average Bonchev–Trinajstić information content (AvgIpc) is 1.78. The van der Waals surface area contributed by atoms with Crippen LogP contribution in [0.15, 0.2) is 0 Å². The summed E-state index contributed by atoms with van der Waals surface area (Å²) in [6.07, 6.45) is 0. The summed E-state index contributed by atoms with van der Waals surface area (Å²) in [6.45, 7) is 15.1. The summed E-state index contributed by atoms with van der Waals surface area (Å²) in [6, 6.07) is 0. The van der Waals surface area contributed by atoms with Crippen LogP contribution in [0.2, 0.25) is 0 Å². The predicted octanol–water partition coefficient (Wildman–Crippen LogP) is 5.70. The Bertz CT molecular complexity index is 205. The van der Waals surface area contributed by atoms with Gasteiger partial charge in [-0.1, -0.05) is 0 Å². The van der Waals surface area contributed by atoms with Gasteiger partial charge in [0.25, 0.3) is 0 Å². The van der Waals surface area contributed by atoms with Gasteiger partial charge < -0.3 is 0 Å². The number of hydrogen-bond acceptors (Lipinski definition) is 0. The van der Waals surface area contributed by atoms with Crippen molar-refractivity contribution in [2.24, 2.45) is 0 Å². The van der Waals surface area contributed by atoms with Crippen molar-refractivity contribution in [1.82, 2.24) is 0 Å². The van der Waals surface area contributed by atoms with E-state index < -0.39 is 22.7 Å². The van der Waals surface area contributed by atoms with Crippen LogP contribution in [0.25, 0.3) is 0 Å². The quantitative estimate of drug-likeness (QED) is 0.476. The molecule has 0 atom stereocenters. The molecule has 0 saturated heterocycles. The van der Waals surface area contributed by atoms with Crippen LogP contribution >= 0.6 is 7.22 Å². The standard InChI is InChI=1S/C12H27F2P/c1-10(2,3)15(13,14,11(4,5)6)12(7,8)9/h1-9H3. The van der Waals surface area contributed by atoms with Crippen LogP contribution in [0, 0.1) is 0 Å². The Morgan fingerprint density at radius 3 is 0.667 bits per heavy atom. The van der Waals surface area contributed by atoms with E-state index in [0.717, 1.165) is 0 Å². The van der Waals surface area contributed by atoms with Gasteiger partial charge in [-0.2, -0.15) is 0 Å². The summed E-state index contributed by atoms with van der Waals surface area (Å²) in [7, 11) is -4.84. The van der Waals surface area contributed by atoms with E-state index in [-0.39, 0.29) is 0 Å². The molecule has 15 heavy (non-hydrogen) atoms. The van der Waals surface area contributed by atoms with E-state index in [0.29, 0.717) is 0 Å². The van der Waals surface area contributed by atoms with Crippen molar-refractivity contribution in [3.8, 4) is 0 Å². The normalized spacial score (nSPS) is 18.5. The molecular formula is C12H27F2P. The van der Waals surface area contributed by atoms with Crippen molar-refractivity contribution in [3.05, 3.63) is 0 Å². The van der Waals surface area contributed by atoms with Crippen LogP contribution < -0.4 is 0 Å². The third-order valence-corrected chi connectivity index (χ3v) is 10.6. The summed E-state index contributed by atoms with van der Waals surface area (Å²) in [4.78, 5) is 0. The van der Waals surface area contributed by atoms with E-state index >= 15 is 8.39 Å². The van der Waals surface area contributed by atoms with Crippen molar-refractivity contribution in [2.45, 2.75) is 77.8 Å². The third kappa shape index (κ3) is 1.64. The number of halogens is 2.